The van der Waals surface area contributed by atoms with Gasteiger partial charge in [0.2, 0.25) is 0 Å². The molecular weight excluding hydrogens is 526 g/mol. The summed E-state index contributed by atoms with van der Waals surface area (Å²) in [6.45, 7) is 8.92. The monoisotopic (exact) mass is 568 g/mol. The van der Waals surface area contributed by atoms with Crippen molar-refractivity contribution >= 4 is 39.3 Å². The summed E-state index contributed by atoms with van der Waals surface area (Å²) in [5.74, 6) is 0.395. The van der Waals surface area contributed by atoms with E-state index >= 15 is 0 Å². The van der Waals surface area contributed by atoms with Crippen LogP contribution in [0, 0.1) is 0 Å². The third-order valence-electron chi connectivity index (χ3n) is 9.31. The van der Waals surface area contributed by atoms with Gasteiger partial charge in [0.05, 0.1) is 61.5 Å². The average molecular weight is 569 g/mol. The fourth-order valence-corrected chi connectivity index (χ4v) is 7.08. The SMILES string of the molecule is CC.CNc1ccc(C[N+]2(C)CCN(CN3C(=O)c4c5c(c6[nH]c7cccc(OC)c7c6c4C3=O)CCC5)CC2)cc1. The quantitative estimate of drug-likeness (QED) is 0.241. The average Bonchev–Trinajstić information content (AvgIpc) is 3.71. The van der Waals surface area contributed by atoms with Crippen molar-refractivity contribution < 1.29 is 18.8 Å². The number of nitrogens with one attached hydrogen (secondary N) is 2. The topological polar surface area (TPSA) is 77.7 Å². The minimum Gasteiger partial charge on any atom is -0.496 e. The summed E-state index contributed by atoms with van der Waals surface area (Å²) in [6.07, 6.45) is 2.74. The summed E-state index contributed by atoms with van der Waals surface area (Å²) in [5.41, 5.74) is 7.78. The van der Waals surface area contributed by atoms with E-state index in [4.69, 9.17) is 4.74 Å². The van der Waals surface area contributed by atoms with Gasteiger partial charge in [-0.25, -0.2) is 0 Å². The van der Waals surface area contributed by atoms with Crippen molar-refractivity contribution in [1.29, 1.82) is 0 Å². The molecule has 2 N–H and O–H groups in total. The van der Waals surface area contributed by atoms with Crippen LogP contribution in [-0.2, 0) is 19.4 Å². The van der Waals surface area contributed by atoms with Crippen molar-refractivity contribution in [2.45, 2.75) is 39.7 Å². The number of nitrogens with zero attached hydrogens (tertiary/aromatic N) is 3. The fraction of sp³-hybridized carbons (Fsp3) is 0.412. The molecule has 0 unspecified atom stereocenters. The van der Waals surface area contributed by atoms with Gasteiger partial charge in [0.1, 0.15) is 12.3 Å². The lowest BCUT2D eigenvalue weighted by Gasteiger charge is -2.42. The van der Waals surface area contributed by atoms with Crippen LogP contribution in [-0.4, -0.2) is 85.1 Å². The first kappa shape index (κ1) is 28.2. The molecule has 0 bridgehead atoms. The normalized spacial score (nSPS) is 17.8. The number of likely N-dealkylation sites (N-methyl/N-ethyl adjacent to an activating group) is 1. The summed E-state index contributed by atoms with van der Waals surface area (Å²) >= 11 is 0. The minimum absolute atomic E-state index is 0.142. The third-order valence-corrected chi connectivity index (χ3v) is 9.31. The molecule has 1 saturated heterocycles. The Morgan fingerprint density at radius 3 is 2.31 bits per heavy atom. The van der Waals surface area contributed by atoms with Crippen LogP contribution < -0.4 is 10.1 Å². The van der Waals surface area contributed by atoms with E-state index in [-0.39, 0.29) is 11.8 Å². The van der Waals surface area contributed by atoms with Crippen molar-refractivity contribution in [3.63, 3.8) is 0 Å². The number of aryl methyl sites for hydroxylation is 1. The largest absolute Gasteiger partial charge is 0.496 e. The third kappa shape index (κ3) is 4.53. The van der Waals surface area contributed by atoms with E-state index in [0.717, 1.165) is 95.3 Å². The van der Waals surface area contributed by atoms with Crippen LogP contribution in [0.15, 0.2) is 42.5 Å². The molecule has 2 aliphatic heterocycles. The number of hydrogen-bond donors (Lipinski definition) is 2. The highest BCUT2D eigenvalue weighted by molar-refractivity contribution is 6.31. The van der Waals surface area contributed by atoms with E-state index < -0.39 is 0 Å². The van der Waals surface area contributed by atoms with Gasteiger partial charge in [0.15, 0.2) is 0 Å². The standard InChI is InChI=1S/C32H35N5O3.C2H6/c1-33-21-12-10-20(11-13-21)18-37(2)16-14-35(15-17-37)19-36-31(38)26-22-6-4-7-23(22)30-28(29(26)32(36)39)27-24(34-30)8-5-9-25(27)40-3;1-2/h5,8-13,33H,4,6-7,14-19H2,1-3H3;1-2H3/p+1. The molecule has 7 rings (SSSR count). The van der Waals surface area contributed by atoms with Gasteiger partial charge in [-0.3, -0.25) is 19.4 Å². The number of hydrogen-bond acceptors (Lipinski definition) is 5. The van der Waals surface area contributed by atoms with Crippen LogP contribution in [0.4, 0.5) is 5.69 Å². The molecule has 0 radical (unpaired) electrons. The first-order valence-corrected chi connectivity index (χ1v) is 15.3. The lowest BCUT2D eigenvalue weighted by Crippen LogP contribution is -2.58. The maximum Gasteiger partial charge on any atom is 0.263 e. The Kier molecular flexibility index (Phi) is 7.45. The Balaban J connectivity index is 0.00000155. The van der Waals surface area contributed by atoms with E-state index in [1.54, 1.807) is 7.11 Å². The Morgan fingerprint density at radius 2 is 1.62 bits per heavy atom. The van der Waals surface area contributed by atoms with Crippen molar-refractivity contribution in [2.75, 3.05) is 59.4 Å². The molecule has 1 aromatic heterocycles. The number of quaternary nitrogens is 1. The molecule has 0 atom stereocenters. The van der Waals surface area contributed by atoms with Gasteiger partial charge in [-0.2, -0.15) is 0 Å². The molecule has 2 amide bonds. The van der Waals surface area contributed by atoms with E-state index in [1.807, 2.05) is 39.1 Å². The second kappa shape index (κ2) is 11.1. The highest BCUT2D eigenvalue weighted by Gasteiger charge is 2.43. The number of benzene rings is 3. The fourth-order valence-electron chi connectivity index (χ4n) is 7.08. The first-order chi connectivity index (χ1) is 20.4. The first-order valence-electron chi connectivity index (χ1n) is 15.3. The summed E-state index contributed by atoms with van der Waals surface area (Å²) in [7, 11) is 5.89. The highest BCUT2D eigenvalue weighted by atomic mass is 16.5. The summed E-state index contributed by atoms with van der Waals surface area (Å²) in [6, 6.07) is 14.5. The molecule has 4 aromatic rings. The predicted octanol–water partition coefficient (Wildman–Crippen LogP) is 5.40. The lowest BCUT2D eigenvalue weighted by atomic mass is 9.93. The molecular formula is C34H42N5O3+. The van der Waals surface area contributed by atoms with Crippen LogP contribution in [0.1, 0.15) is 57.7 Å². The minimum atomic E-state index is -0.182. The number of H-pyrrole nitrogens is 1. The number of amides is 2. The smallest absolute Gasteiger partial charge is 0.263 e. The van der Waals surface area contributed by atoms with Crippen molar-refractivity contribution in [1.82, 2.24) is 14.8 Å². The predicted molar refractivity (Wildman–Crippen MR) is 168 cm³/mol. The van der Waals surface area contributed by atoms with E-state index in [9.17, 15) is 9.59 Å². The molecule has 0 spiro atoms. The Bertz CT molecular complexity index is 1660. The van der Waals surface area contributed by atoms with Crippen LogP contribution in [0.3, 0.4) is 0 Å². The summed E-state index contributed by atoms with van der Waals surface area (Å²) in [5, 5.41) is 4.91. The van der Waals surface area contributed by atoms with Crippen LogP contribution in [0.2, 0.25) is 0 Å². The van der Waals surface area contributed by atoms with E-state index in [2.05, 4.69) is 46.5 Å². The van der Waals surface area contributed by atoms with E-state index in [1.165, 1.54) is 16.0 Å². The number of aromatic nitrogens is 1. The number of carbonyl (C=O) groups excluding carboxylic acids is 2. The molecule has 3 aliphatic rings. The maximum atomic E-state index is 14.1. The molecule has 3 heterocycles. The van der Waals surface area contributed by atoms with Gasteiger partial charge >= 0.3 is 0 Å². The molecule has 42 heavy (non-hydrogen) atoms. The number of methoxy groups -OCH3 is 1. The number of ether oxygens (including phenoxy) is 1. The molecule has 1 fully saturated rings. The van der Waals surface area contributed by atoms with E-state index in [0.29, 0.717) is 17.8 Å². The summed E-state index contributed by atoms with van der Waals surface area (Å²) < 4.78 is 6.66. The van der Waals surface area contributed by atoms with Crippen molar-refractivity contribution in [3.05, 3.63) is 70.3 Å². The number of anilines is 1. The van der Waals surface area contributed by atoms with Crippen molar-refractivity contribution in [2.24, 2.45) is 0 Å². The molecule has 220 valence electrons. The van der Waals surface area contributed by atoms with Gasteiger partial charge in [-0.15, -0.1) is 0 Å². The molecule has 8 nitrogen and oxygen atoms in total. The maximum absolute atomic E-state index is 14.1. The number of aromatic amines is 1. The second-order valence-electron chi connectivity index (χ2n) is 11.8. The number of carbonyl (C=O) groups is 2. The second-order valence-corrected chi connectivity index (χ2v) is 11.8. The number of rotatable bonds is 6. The number of fused-ring (bicyclic) bond motifs is 8. The van der Waals surface area contributed by atoms with Gasteiger partial charge in [-0.1, -0.05) is 32.0 Å². The van der Waals surface area contributed by atoms with Crippen molar-refractivity contribution in [3.8, 4) is 5.75 Å². The summed E-state index contributed by atoms with van der Waals surface area (Å²) in [4.78, 5) is 35.3. The zero-order chi connectivity index (χ0) is 29.6. The number of imide groups is 1. The van der Waals surface area contributed by atoms with Gasteiger partial charge in [-0.05, 0) is 54.7 Å². The Hall–Kier alpha value is -3.88. The zero-order valence-corrected chi connectivity index (χ0v) is 25.5. The van der Waals surface area contributed by atoms with Gasteiger partial charge in [0.25, 0.3) is 11.8 Å². The molecule has 0 saturated carbocycles. The molecule has 1 aliphatic carbocycles. The highest BCUT2D eigenvalue weighted by Crippen LogP contribution is 2.45. The zero-order valence-electron chi connectivity index (χ0n) is 25.5. The van der Waals surface area contributed by atoms with Gasteiger partial charge in [0, 0.05) is 36.8 Å². The van der Waals surface area contributed by atoms with Crippen LogP contribution >= 0.6 is 0 Å². The van der Waals surface area contributed by atoms with Crippen LogP contribution in [0.5, 0.6) is 5.75 Å². The lowest BCUT2D eigenvalue weighted by molar-refractivity contribution is -0.926. The Morgan fingerprint density at radius 1 is 0.929 bits per heavy atom. The van der Waals surface area contributed by atoms with Gasteiger partial charge < -0.3 is 19.5 Å². The number of piperazine rings is 1. The van der Waals surface area contributed by atoms with Crippen LogP contribution in [0.25, 0.3) is 21.8 Å². The molecule has 8 heteroatoms. The molecule has 3 aromatic carbocycles. The Labute approximate surface area is 247 Å².